The first-order valence-corrected chi connectivity index (χ1v) is 4.38. The van der Waals surface area contributed by atoms with Crippen LogP contribution in [-0.2, 0) is 0 Å². The van der Waals surface area contributed by atoms with Crippen LogP contribution in [0.3, 0.4) is 0 Å². The lowest BCUT2D eigenvalue weighted by Gasteiger charge is -2.10. The predicted molar refractivity (Wildman–Crippen MR) is 66.5 cm³/mol. The van der Waals surface area contributed by atoms with Crippen LogP contribution >= 0.6 is 12.4 Å². The smallest absolute Gasteiger partial charge is 0.0861 e. The maximum Gasteiger partial charge on any atom is 0.0861 e. The average Bonchev–Trinajstić information content (AvgIpc) is 2.21. The predicted octanol–water partition coefficient (Wildman–Crippen LogP) is 2.33. The van der Waals surface area contributed by atoms with Gasteiger partial charge in [0.1, 0.15) is 0 Å². The second kappa shape index (κ2) is 10.7. The standard InChI is InChI=1S/C7H10N2.C3H6N2.ClH/c1-9(2)7-3-5-8-6-4-7;1-2-5-3-4;/h3-6H,1-2H3;4H,2H2,1H3;1H. The summed E-state index contributed by atoms with van der Waals surface area (Å²) in [6.45, 7) is 2.53. The third kappa shape index (κ3) is 8.94. The molecule has 0 saturated heterocycles. The Morgan fingerprint density at radius 1 is 1.40 bits per heavy atom. The third-order valence-electron chi connectivity index (χ3n) is 1.42. The molecule has 0 fully saturated rings. The molecular weight excluding hydrogens is 212 g/mol. The van der Waals surface area contributed by atoms with Crippen molar-refractivity contribution >= 4 is 24.1 Å². The summed E-state index contributed by atoms with van der Waals surface area (Å²) in [7, 11) is 4.02. The molecule has 0 atom stereocenters. The number of aliphatic imine (C=N–C) groups is 1. The SMILES string of the molecule is CCN=C=N.CN(C)c1ccncc1.Cl. The van der Waals surface area contributed by atoms with Gasteiger partial charge in [-0.05, 0) is 19.1 Å². The molecule has 0 unspecified atom stereocenters. The van der Waals surface area contributed by atoms with E-state index < -0.39 is 0 Å². The molecule has 0 aliphatic heterocycles. The highest BCUT2D eigenvalue weighted by Gasteiger charge is 1.88. The molecule has 0 aliphatic rings. The van der Waals surface area contributed by atoms with Gasteiger partial charge in [0, 0.05) is 38.7 Å². The molecule has 0 saturated carbocycles. The van der Waals surface area contributed by atoms with E-state index in [0.29, 0.717) is 6.54 Å². The highest BCUT2D eigenvalue weighted by molar-refractivity contribution is 5.85. The molecule has 5 heteroatoms. The summed E-state index contributed by atoms with van der Waals surface area (Å²) in [5, 5.41) is 6.19. The van der Waals surface area contributed by atoms with Crippen LogP contribution in [-0.4, -0.2) is 31.6 Å². The molecule has 0 bridgehead atoms. The first-order valence-electron chi connectivity index (χ1n) is 4.38. The molecule has 0 amide bonds. The van der Waals surface area contributed by atoms with Crippen LogP contribution in [0.2, 0.25) is 0 Å². The van der Waals surface area contributed by atoms with E-state index in [2.05, 4.69) is 9.98 Å². The van der Waals surface area contributed by atoms with Gasteiger partial charge in [-0.2, -0.15) is 0 Å². The number of anilines is 1. The Balaban J connectivity index is 0. The van der Waals surface area contributed by atoms with Gasteiger partial charge in [-0.15, -0.1) is 12.4 Å². The zero-order chi connectivity index (χ0) is 10.8. The van der Waals surface area contributed by atoms with Gasteiger partial charge in [0.15, 0.2) is 0 Å². The van der Waals surface area contributed by atoms with E-state index in [0.717, 1.165) is 0 Å². The van der Waals surface area contributed by atoms with Crippen LogP contribution in [0.15, 0.2) is 29.5 Å². The second-order valence-electron chi connectivity index (χ2n) is 2.69. The van der Waals surface area contributed by atoms with E-state index in [1.165, 1.54) is 5.69 Å². The van der Waals surface area contributed by atoms with Crippen molar-refractivity contribution in [3.8, 4) is 0 Å². The minimum Gasteiger partial charge on any atom is -0.378 e. The lowest BCUT2D eigenvalue weighted by atomic mass is 10.4. The number of halogens is 1. The maximum atomic E-state index is 6.19. The van der Waals surface area contributed by atoms with E-state index in [9.17, 15) is 0 Å². The van der Waals surface area contributed by atoms with E-state index in [1.807, 2.05) is 44.1 Å². The van der Waals surface area contributed by atoms with Crippen molar-refractivity contribution < 1.29 is 0 Å². The van der Waals surface area contributed by atoms with Crippen LogP contribution in [0.4, 0.5) is 5.69 Å². The Hall–Kier alpha value is -1.38. The van der Waals surface area contributed by atoms with E-state index in [-0.39, 0.29) is 12.4 Å². The fourth-order valence-electron chi connectivity index (χ4n) is 0.721. The van der Waals surface area contributed by atoms with Crippen LogP contribution in [0, 0.1) is 5.41 Å². The first-order chi connectivity index (χ1) is 6.72. The first kappa shape index (κ1) is 16.1. The van der Waals surface area contributed by atoms with Gasteiger partial charge in [0.25, 0.3) is 0 Å². The summed E-state index contributed by atoms with van der Waals surface area (Å²) in [6, 6.07) is 5.84. The number of hydrogen-bond acceptors (Lipinski definition) is 4. The number of rotatable bonds is 2. The van der Waals surface area contributed by atoms with Crippen molar-refractivity contribution in [3.05, 3.63) is 24.5 Å². The summed E-state index contributed by atoms with van der Waals surface area (Å²) < 4.78 is 0. The zero-order valence-electron chi connectivity index (χ0n) is 9.27. The Morgan fingerprint density at radius 2 is 1.93 bits per heavy atom. The van der Waals surface area contributed by atoms with Crippen molar-refractivity contribution in [2.24, 2.45) is 4.99 Å². The van der Waals surface area contributed by atoms with Crippen molar-refractivity contribution in [1.82, 2.24) is 4.98 Å². The summed E-state index contributed by atoms with van der Waals surface area (Å²) >= 11 is 0. The van der Waals surface area contributed by atoms with E-state index in [4.69, 9.17) is 5.41 Å². The lowest BCUT2D eigenvalue weighted by molar-refractivity contribution is 1.12. The molecule has 0 radical (unpaired) electrons. The van der Waals surface area contributed by atoms with Crippen LogP contribution in [0.1, 0.15) is 6.92 Å². The molecule has 0 spiro atoms. The minimum absolute atomic E-state index is 0. The number of pyridine rings is 1. The monoisotopic (exact) mass is 228 g/mol. The fraction of sp³-hybridized carbons (Fsp3) is 0.400. The van der Waals surface area contributed by atoms with Gasteiger partial charge < -0.3 is 4.90 Å². The largest absolute Gasteiger partial charge is 0.378 e. The third-order valence-corrected chi connectivity index (χ3v) is 1.42. The number of nitrogens with one attached hydrogen (secondary N) is 1. The molecule has 1 rings (SSSR count). The van der Waals surface area contributed by atoms with Gasteiger partial charge in [-0.1, -0.05) is 0 Å². The molecule has 15 heavy (non-hydrogen) atoms. The van der Waals surface area contributed by atoms with E-state index >= 15 is 0 Å². The lowest BCUT2D eigenvalue weighted by Crippen LogP contribution is -2.07. The van der Waals surface area contributed by atoms with Gasteiger partial charge in [0.05, 0.1) is 6.01 Å². The van der Waals surface area contributed by atoms with Crippen LogP contribution in [0.5, 0.6) is 0 Å². The maximum absolute atomic E-state index is 6.19. The van der Waals surface area contributed by atoms with Crippen molar-refractivity contribution in [1.29, 1.82) is 5.41 Å². The van der Waals surface area contributed by atoms with Crippen LogP contribution < -0.4 is 4.90 Å². The fourth-order valence-corrected chi connectivity index (χ4v) is 0.721. The number of aromatic nitrogens is 1. The highest BCUT2D eigenvalue weighted by atomic mass is 35.5. The number of hydrogen-bond donors (Lipinski definition) is 1. The molecule has 0 aliphatic carbocycles. The molecule has 84 valence electrons. The molecule has 1 heterocycles. The van der Waals surface area contributed by atoms with Crippen molar-refractivity contribution in [2.75, 3.05) is 25.5 Å². The topological polar surface area (TPSA) is 52.3 Å². The summed E-state index contributed by atoms with van der Waals surface area (Å²) in [6.07, 6.45) is 3.57. The Kier molecular flexibility index (Phi) is 11.5. The Morgan fingerprint density at radius 3 is 2.13 bits per heavy atom. The van der Waals surface area contributed by atoms with Gasteiger partial charge in [-0.25, -0.2) is 10.4 Å². The zero-order valence-corrected chi connectivity index (χ0v) is 10.1. The molecule has 4 nitrogen and oxygen atoms in total. The highest BCUT2D eigenvalue weighted by Crippen LogP contribution is 2.05. The normalized spacial score (nSPS) is 7.40. The summed E-state index contributed by atoms with van der Waals surface area (Å²) in [5.41, 5.74) is 1.19. The minimum atomic E-state index is 0. The van der Waals surface area contributed by atoms with Gasteiger partial charge in [0.2, 0.25) is 0 Å². The summed E-state index contributed by atoms with van der Waals surface area (Å²) in [4.78, 5) is 9.33. The molecule has 0 aromatic carbocycles. The molecular formula is C10H17ClN4. The second-order valence-corrected chi connectivity index (χ2v) is 2.69. The molecule has 1 N–H and O–H groups in total. The molecule has 1 aromatic rings. The Bertz CT molecular complexity index is 281. The molecule has 1 aromatic heterocycles. The van der Waals surface area contributed by atoms with Crippen LogP contribution in [0.25, 0.3) is 0 Å². The van der Waals surface area contributed by atoms with Gasteiger partial charge >= 0.3 is 0 Å². The van der Waals surface area contributed by atoms with E-state index in [1.54, 1.807) is 12.4 Å². The Labute approximate surface area is 97.0 Å². The van der Waals surface area contributed by atoms with Gasteiger partial charge in [-0.3, -0.25) is 4.98 Å². The van der Waals surface area contributed by atoms with Crippen molar-refractivity contribution in [2.45, 2.75) is 6.92 Å². The quantitative estimate of drug-likeness (QED) is 0.790. The van der Waals surface area contributed by atoms with Crippen molar-refractivity contribution in [3.63, 3.8) is 0 Å². The average molecular weight is 229 g/mol. The number of nitrogens with zero attached hydrogens (tertiary/aromatic N) is 3. The summed E-state index contributed by atoms with van der Waals surface area (Å²) in [5.74, 6) is 0.